The molecule has 0 spiro atoms. The number of nitrogens with one attached hydrogen (secondary N) is 2. The minimum Gasteiger partial charge on any atom is -0.388 e. The summed E-state index contributed by atoms with van der Waals surface area (Å²) in [7, 11) is 0. The molecular formula is C13H25N5O. The van der Waals surface area contributed by atoms with Crippen LogP contribution in [-0.4, -0.2) is 27.2 Å². The van der Waals surface area contributed by atoms with Gasteiger partial charge in [0.1, 0.15) is 17.5 Å². The first kappa shape index (κ1) is 15.7. The molecule has 0 aliphatic rings. The van der Waals surface area contributed by atoms with Crippen LogP contribution in [0, 0.1) is 6.92 Å². The van der Waals surface area contributed by atoms with Crippen LogP contribution < -0.4 is 16.6 Å². The van der Waals surface area contributed by atoms with Crippen molar-refractivity contribution < 1.29 is 5.11 Å². The topological polar surface area (TPSA) is 96.1 Å². The first-order valence-electron chi connectivity index (χ1n) is 6.80. The van der Waals surface area contributed by atoms with Crippen molar-refractivity contribution in [3.8, 4) is 0 Å². The molecule has 0 saturated heterocycles. The van der Waals surface area contributed by atoms with Gasteiger partial charge in [-0.3, -0.25) is 0 Å². The van der Waals surface area contributed by atoms with Crippen molar-refractivity contribution in [1.29, 1.82) is 0 Å². The van der Waals surface area contributed by atoms with Gasteiger partial charge < -0.3 is 15.8 Å². The van der Waals surface area contributed by atoms with Crippen LogP contribution in [0.4, 0.5) is 11.6 Å². The van der Waals surface area contributed by atoms with Gasteiger partial charge in [-0.1, -0.05) is 20.8 Å². The lowest BCUT2D eigenvalue weighted by molar-refractivity contribution is 0.0456. The maximum atomic E-state index is 10.3. The van der Waals surface area contributed by atoms with Gasteiger partial charge in [0, 0.05) is 18.5 Å². The number of anilines is 2. The Morgan fingerprint density at radius 3 is 2.21 bits per heavy atom. The van der Waals surface area contributed by atoms with Crippen LogP contribution in [-0.2, 0) is 6.42 Å². The Labute approximate surface area is 114 Å². The van der Waals surface area contributed by atoms with Crippen molar-refractivity contribution in [3.63, 3.8) is 0 Å². The highest BCUT2D eigenvalue weighted by Crippen LogP contribution is 2.21. The third-order valence-corrected chi connectivity index (χ3v) is 3.55. The van der Waals surface area contributed by atoms with Crippen molar-refractivity contribution >= 4 is 11.6 Å². The van der Waals surface area contributed by atoms with E-state index in [0.717, 1.165) is 23.6 Å². The summed E-state index contributed by atoms with van der Waals surface area (Å²) in [5, 5.41) is 13.5. The number of rotatable bonds is 7. The Balaban J connectivity index is 2.94. The second-order valence-corrected chi connectivity index (χ2v) is 4.74. The van der Waals surface area contributed by atoms with E-state index in [9.17, 15) is 5.11 Å². The predicted molar refractivity (Wildman–Crippen MR) is 78.0 cm³/mol. The number of nitrogens with zero attached hydrogens (tertiary/aromatic N) is 2. The second-order valence-electron chi connectivity index (χ2n) is 4.74. The summed E-state index contributed by atoms with van der Waals surface area (Å²) in [4.78, 5) is 8.75. The van der Waals surface area contributed by atoms with Gasteiger partial charge in [-0.15, -0.1) is 0 Å². The number of aliphatic hydroxyl groups is 1. The highest BCUT2D eigenvalue weighted by atomic mass is 16.3. The molecule has 1 aromatic heterocycles. The average Bonchev–Trinajstić information content (AvgIpc) is 2.45. The van der Waals surface area contributed by atoms with E-state index in [4.69, 9.17) is 5.84 Å². The van der Waals surface area contributed by atoms with E-state index in [1.54, 1.807) is 0 Å². The van der Waals surface area contributed by atoms with Crippen molar-refractivity contribution in [3.05, 3.63) is 11.4 Å². The van der Waals surface area contributed by atoms with Crippen LogP contribution in [0.15, 0.2) is 0 Å². The molecule has 0 amide bonds. The fraction of sp³-hybridized carbons (Fsp3) is 0.692. The van der Waals surface area contributed by atoms with Crippen LogP contribution in [0.1, 0.15) is 45.0 Å². The zero-order valence-electron chi connectivity index (χ0n) is 12.2. The van der Waals surface area contributed by atoms with E-state index >= 15 is 0 Å². The molecule has 0 aromatic carbocycles. The number of hydrogen-bond donors (Lipinski definition) is 4. The smallest absolute Gasteiger partial charge is 0.148 e. The van der Waals surface area contributed by atoms with E-state index in [0.29, 0.717) is 25.2 Å². The van der Waals surface area contributed by atoms with Crippen LogP contribution in [0.3, 0.4) is 0 Å². The van der Waals surface area contributed by atoms with E-state index < -0.39 is 5.60 Å². The average molecular weight is 267 g/mol. The van der Waals surface area contributed by atoms with Crippen LogP contribution >= 0.6 is 0 Å². The maximum absolute atomic E-state index is 10.3. The molecule has 0 unspecified atom stereocenters. The quantitative estimate of drug-likeness (QED) is 0.442. The molecule has 0 saturated carbocycles. The molecular weight excluding hydrogens is 242 g/mol. The summed E-state index contributed by atoms with van der Waals surface area (Å²) in [6, 6.07) is 0. The molecule has 0 aliphatic heterocycles. The first-order valence-corrected chi connectivity index (χ1v) is 6.80. The fourth-order valence-corrected chi connectivity index (χ4v) is 1.78. The highest BCUT2D eigenvalue weighted by molar-refractivity contribution is 5.56. The molecule has 0 atom stereocenters. The van der Waals surface area contributed by atoms with Gasteiger partial charge >= 0.3 is 0 Å². The molecule has 1 rings (SSSR count). The minimum atomic E-state index is -0.708. The lowest BCUT2D eigenvalue weighted by atomic mass is 9.97. The van der Waals surface area contributed by atoms with Gasteiger partial charge in [0.15, 0.2) is 0 Å². The minimum absolute atomic E-state index is 0.463. The molecule has 0 radical (unpaired) electrons. The Morgan fingerprint density at radius 2 is 1.74 bits per heavy atom. The third kappa shape index (κ3) is 3.78. The predicted octanol–water partition coefficient (Wildman–Crippen LogP) is 1.60. The van der Waals surface area contributed by atoms with Gasteiger partial charge in [0.25, 0.3) is 0 Å². The Kier molecular flexibility index (Phi) is 5.50. The maximum Gasteiger partial charge on any atom is 0.148 e. The van der Waals surface area contributed by atoms with Gasteiger partial charge in [-0.2, -0.15) is 0 Å². The lowest BCUT2D eigenvalue weighted by Gasteiger charge is -2.26. The van der Waals surface area contributed by atoms with Crippen molar-refractivity contribution in [2.45, 2.75) is 52.6 Å². The molecule has 6 nitrogen and oxygen atoms in total. The standard InChI is InChI=1S/C13H25N5O/c1-5-10-16-11(9(4)12(17-10)18-14)15-8-13(19,6-2)7-3/h19H,5-8,14H2,1-4H3,(H2,15,16,17,18). The largest absolute Gasteiger partial charge is 0.388 e. The summed E-state index contributed by atoms with van der Waals surface area (Å²) < 4.78 is 0. The summed E-state index contributed by atoms with van der Waals surface area (Å²) in [5.41, 5.74) is 2.73. The van der Waals surface area contributed by atoms with Crippen LogP contribution in [0.5, 0.6) is 0 Å². The summed E-state index contributed by atoms with van der Waals surface area (Å²) in [6.07, 6.45) is 2.13. The number of hydrazine groups is 1. The van der Waals surface area contributed by atoms with Gasteiger partial charge in [-0.05, 0) is 19.8 Å². The van der Waals surface area contributed by atoms with Crippen LogP contribution in [0.2, 0.25) is 0 Å². The molecule has 1 aromatic rings. The Bertz CT molecular complexity index is 418. The van der Waals surface area contributed by atoms with Crippen LogP contribution in [0.25, 0.3) is 0 Å². The van der Waals surface area contributed by atoms with Crippen molar-refractivity contribution in [1.82, 2.24) is 9.97 Å². The number of hydrogen-bond acceptors (Lipinski definition) is 6. The molecule has 108 valence electrons. The lowest BCUT2D eigenvalue weighted by Crippen LogP contribution is -2.36. The number of aryl methyl sites for hydroxylation is 1. The molecule has 0 fully saturated rings. The van der Waals surface area contributed by atoms with E-state index in [1.165, 1.54) is 0 Å². The third-order valence-electron chi connectivity index (χ3n) is 3.55. The second kappa shape index (κ2) is 6.68. The van der Waals surface area contributed by atoms with Gasteiger partial charge in [-0.25, -0.2) is 15.8 Å². The normalized spacial score (nSPS) is 11.5. The molecule has 5 N–H and O–H groups in total. The summed E-state index contributed by atoms with van der Waals surface area (Å²) >= 11 is 0. The number of aromatic nitrogens is 2. The van der Waals surface area contributed by atoms with Gasteiger partial charge in [0.05, 0.1) is 5.60 Å². The van der Waals surface area contributed by atoms with E-state index in [2.05, 4.69) is 20.7 Å². The molecule has 0 bridgehead atoms. The summed E-state index contributed by atoms with van der Waals surface area (Å²) in [5.74, 6) is 7.52. The van der Waals surface area contributed by atoms with E-state index in [1.807, 2.05) is 27.7 Å². The number of nitrogen functional groups attached to an aromatic ring is 1. The zero-order valence-corrected chi connectivity index (χ0v) is 12.2. The first-order chi connectivity index (χ1) is 8.99. The van der Waals surface area contributed by atoms with Crippen molar-refractivity contribution in [2.75, 3.05) is 17.3 Å². The Morgan fingerprint density at radius 1 is 1.16 bits per heavy atom. The molecule has 6 heteroatoms. The number of nitrogens with two attached hydrogens (primary N) is 1. The SMILES string of the molecule is CCc1nc(NN)c(C)c(NCC(O)(CC)CC)n1. The fourth-order valence-electron chi connectivity index (χ4n) is 1.78. The van der Waals surface area contributed by atoms with E-state index in [-0.39, 0.29) is 0 Å². The highest BCUT2D eigenvalue weighted by Gasteiger charge is 2.22. The summed E-state index contributed by atoms with van der Waals surface area (Å²) in [6.45, 7) is 8.30. The zero-order chi connectivity index (χ0) is 14.5. The van der Waals surface area contributed by atoms with Crippen molar-refractivity contribution in [2.24, 2.45) is 5.84 Å². The molecule has 1 heterocycles. The monoisotopic (exact) mass is 267 g/mol. The molecule has 19 heavy (non-hydrogen) atoms. The molecule has 0 aliphatic carbocycles. The Hall–Kier alpha value is -1.40. The van der Waals surface area contributed by atoms with Gasteiger partial charge in [0.2, 0.25) is 0 Å².